The number of ether oxygens (including phenoxy) is 4. The Morgan fingerprint density at radius 1 is 0.706 bits per heavy atom. The molecule has 2 aliphatic heterocycles. The van der Waals surface area contributed by atoms with E-state index in [0.29, 0.717) is 76.3 Å². The molecule has 6 rings (SSSR count). The van der Waals surface area contributed by atoms with E-state index >= 15 is 0 Å². The zero-order valence-corrected chi connectivity index (χ0v) is 28.9. The van der Waals surface area contributed by atoms with Crippen molar-refractivity contribution in [2.24, 2.45) is 0 Å². The minimum atomic E-state index is -4.75. The van der Waals surface area contributed by atoms with E-state index in [1.807, 2.05) is 19.9 Å². The van der Waals surface area contributed by atoms with Gasteiger partial charge in [0.25, 0.3) is 0 Å². The van der Waals surface area contributed by atoms with Gasteiger partial charge in [-0.25, -0.2) is 0 Å². The third-order valence-corrected chi connectivity index (χ3v) is 8.28. The second-order valence-electron chi connectivity index (χ2n) is 10.7. The van der Waals surface area contributed by atoms with Crippen LogP contribution in [0.25, 0.3) is 22.3 Å². The number of hydrogen-bond acceptors (Lipinski definition) is 7. The maximum Gasteiger partial charge on any atom is 0.573 e. The first kappa shape index (κ1) is 38.9. The van der Waals surface area contributed by atoms with Crippen LogP contribution in [0.4, 0.5) is 26.3 Å². The summed E-state index contributed by atoms with van der Waals surface area (Å²) >= 11 is 3.37. The van der Waals surface area contributed by atoms with Gasteiger partial charge < -0.3 is 24.1 Å². The first-order chi connectivity index (χ1) is 24.4. The lowest BCUT2D eigenvalue weighted by Crippen LogP contribution is -2.17. The van der Waals surface area contributed by atoms with Crippen LogP contribution < -0.4 is 18.9 Å². The number of nitriles is 2. The van der Waals surface area contributed by atoms with Crippen molar-refractivity contribution in [1.82, 2.24) is 0 Å². The molecular weight excluding hydrogens is 746 g/mol. The molecule has 0 radical (unpaired) electrons. The van der Waals surface area contributed by atoms with Crippen LogP contribution in [0.2, 0.25) is 0 Å². The highest BCUT2D eigenvalue weighted by atomic mass is 79.9. The van der Waals surface area contributed by atoms with Crippen molar-refractivity contribution < 1.29 is 50.4 Å². The van der Waals surface area contributed by atoms with Crippen LogP contribution >= 0.6 is 15.9 Å². The number of benzene rings is 4. The molecule has 1 N–H and O–H groups in total. The molecular formula is C37H31BrF6N2O5. The zero-order chi connectivity index (χ0) is 37.3. The molecule has 0 aromatic heterocycles. The normalized spacial score (nSPS) is 12.9. The van der Waals surface area contributed by atoms with Gasteiger partial charge in [-0.2, -0.15) is 10.5 Å². The van der Waals surface area contributed by atoms with Crippen LogP contribution in [0.1, 0.15) is 53.6 Å². The second-order valence-corrected chi connectivity index (χ2v) is 11.3. The monoisotopic (exact) mass is 776 g/mol. The predicted molar refractivity (Wildman–Crippen MR) is 179 cm³/mol. The van der Waals surface area contributed by atoms with Crippen molar-refractivity contribution in [3.63, 3.8) is 0 Å². The Balaban J connectivity index is 0.000000218. The van der Waals surface area contributed by atoms with Crippen molar-refractivity contribution in [1.29, 1.82) is 10.5 Å². The molecule has 0 saturated carbocycles. The van der Waals surface area contributed by atoms with E-state index in [0.717, 1.165) is 28.7 Å². The molecule has 0 spiro atoms. The molecule has 4 aromatic carbocycles. The van der Waals surface area contributed by atoms with Gasteiger partial charge in [-0.05, 0) is 71.5 Å². The molecule has 0 aliphatic carbocycles. The zero-order valence-electron chi connectivity index (χ0n) is 27.3. The van der Waals surface area contributed by atoms with Crippen molar-refractivity contribution in [3.8, 4) is 57.4 Å². The average Bonchev–Trinajstić information content (AvgIpc) is 3.61. The molecule has 4 aromatic rings. The van der Waals surface area contributed by atoms with Crippen LogP contribution in [0.5, 0.6) is 23.0 Å². The highest BCUT2D eigenvalue weighted by molar-refractivity contribution is 9.08. The first-order valence-corrected chi connectivity index (χ1v) is 16.8. The summed E-state index contributed by atoms with van der Waals surface area (Å²) in [5.74, 6) is 0.575. The Bertz CT molecular complexity index is 1920. The van der Waals surface area contributed by atoms with Crippen molar-refractivity contribution in [2.45, 2.75) is 57.8 Å². The molecule has 0 fully saturated rings. The fourth-order valence-electron chi connectivity index (χ4n) is 5.66. The Hall–Kier alpha value is -4.92. The van der Waals surface area contributed by atoms with E-state index in [4.69, 9.17) is 9.47 Å². The van der Waals surface area contributed by atoms with Gasteiger partial charge in [0.1, 0.15) is 23.0 Å². The maximum atomic E-state index is 12.3. The lowest BCUT2D eigenvalue weighted by Gasteiger charge is -2.23. The fraction of sp³-hybridized carbons (Fsp3) is 0.297. The summed E-state index contributed by atoms with van der Waals surface area (Å²) in [5.41, 5.74) is 6.58. The lowest BCUT2D eigenvalue weighted by molar-refractivity contribution is -0.275. The number of fused-ring (bicyclic) bond motifs is 2. The average molecular weight is 778 g/mol. The van der Waals surface area contributed by atoms with Crippen LogP contribution in [0.15, 0.2) is 60.7 Å². The molecule has 0 unspecified atom stereocenters. The molecule has 0 atom stereocenters. The number of alkyl halides is 7. The molecule has 0 amide bonds. The van der Waals surface area contributed by atoms with E-state index < -0.39 is 12.7 Å². The number of nitrogens with zero attached hydrogens (tertiary/aromatic N) is 2. The SMILES string of the molecule is CC.N#Cc1c(CBr)cc(-c2ccc(OC(F)(F)F)cc2)c2c1CCO2.N#Cc1c(CO)cc(-c2ccc(OC(F)(F)F)cc2)c2c1CCCO2. The van der Waals surface area contributed by atoms with Crippen LogP contribution in [0, 0.1) is 22.7 Å². The number of aliphatic hydroxyl groups is 1. The van der Waals surface area contributed by atoms with Gasteiger partial charge in [0.15, 0.2) is 0 Å². The van der Waals surface area contributed by atoms with Gasteiger partial charge in [-0.15, -0.1) is 26.3 Å². The maximum absolute atomic E-state index is 12.3. The minimum absolute atomic E-state index is 0.279. The van der Waals surface area contributed by atoms with Gasteiger partial charge in [-0.1, -0.05) is 54.0 Å². The summed E-state index contributed by atoms with van der Waals surface area (Å²) in [6, 6.07) is 18.8. The predicted octanol–water partition coefficient (Wildman–Crippen LogP) is 9.92. The number of rotatable bonds is 6. The molecule has 268 valence electrons. The van der Waals surface area contributed by atoms with Crippen molar-refractivity contribution in [3.05, 3.63) is 94.0 Å². The van der Waals surface area contributed by atoms with E-state index in [2.05, 4.69) is 37.5 Å². The summed E-state index contributed by atoms with van der Waals surface area (Å²) in [7, 11) is 0. The van der Waals surface area contributed by atoms with Crippen LogP contribution in [-0.4, -0.2) is 31.0 Å². The third kappa shape index (κ3) is 9.45. The van der Waals surface area contributed by atoms with Crippen LogP contribution in [0.3, 0.4) is 0 Å². The molecule has 0 bridgehead atoms. The molecule has 7 nitrogen and oxygen atoms in total. The third-order valence-electron chi connectivity index (χ3n) is 7.67. The van der Waals surface area contributed by atoms with Gasteiger partial charge in [0, 0.05) is 34.0 Å². The molecule has 2 heterocycles. The standard InChI is InChI=1S/C18H14F3NO3.C17H11BrF3NO2.C2H6/c19-18(20,21)25-13-5-3-11(4-6-13)15-8-12(10-23)16(9-22)14-2-1-7-24-17(14)15;18-8-11-7-14(16-13(5-6-23-16)15(11)9-22)10-1-3-12(4-2-10)24-17(19,20)21;1-2/h3-6,8,23H,1-2,7,10H2;1-4,7H,5-6,8H2;1-2H3. The van der Waals surface area contributed by atoms with Gasteiger partial charge in [-0.3, -0.25) is 0 Å². The summed E-state index contributed by atoms with van der Waals surface area (Å²) in [5, 5.41) is 28.8. The summed E-state index contributed by atoms with van der Waals surface area (Å²) < 4.78 is 92.7. The van der Waals surface area contributed by atoms with Crippen LogP contribution in [-0.2, 0) is 24.8 Å². The Morgan fingerprint density at radius 3 is 1.57 bits per heavy atom. The van der Waals surface area contributed by atoms with E-state index in [9.17, 15) is 42.0 Å². The fourth-order valence-corrected chi connectivity index (χ4v) is 6.10. The van der Waals surface area contributed by atoms with Gasteiger partial charge in [0.05, 0.1) is 43.1 Å². The molecule has 2 aliphatic rings. The largest absolute Gasteiger partial charge is 0.573 e. The number of hydrogen-bond donors (Lipinski definition) is 1. The number of aliphatic hydroxyl groups excluding tert-OH is 1. The molecule has 0 saturated heterocycles. The molecule has 51 heavy (non-hydrogen) atoms. The second kappa shape index (κ2) is 16.9. The molecule has 14 heteroatoms. The van der Waals surface area contributed by atoms with Crippen molar-refractivity contribution in [2.75, 3.05) is 13.2 Å². The Morgan fingerprint density at radius 2 is 1.14 bits per heavy atom. The minimum Gasteiger partial charge on any atom is -0.493 e. The highest BCUT2D eigenvalue weighted by Gasteiger charge is 2.32. The quantitative estimate of drug-likeness (QED) is 0.154. The Labute approximate surface area is 298 Å². The van der Waals surface area contributed by atoms with E-state index in [-0.39, 0.29) is 18.1 Å². The van der Waals surface area contributed by atoms with Gasteiger partial charge in [0.2, 0.25) is 0 Å². The topological polar surface area (TPSA) is 105 Å². The summed E-state index contributed by atoms with van der Waals surface area (Å²) in [6.45, 7) is 4.68. The van der Waals surface area contributed by atoms with Gasteiger partial charge >= 0.3 is 12.7 Å². The Kier molecular flexibility index (Phi) is 12.9. The van der Waals surface area contributed by atoms with E-state index in [1.165, 1.54) is 36.4 Å². The smallest absolute Gasteiger partial charge is 0.493 e. The number of halogens is 7. The van der Waals surface area contributed by atoms with Crippen molar-refractivity contribution >= 4 is 15.9 Å². The summed E-state index contributed by atoms with van der Waals surface area (Å²) in [4.78, 5) is 0. The lowest BCUT2D eigenvalue weighted by atomic mass is 9.90. The van der Waals surface area contributed by atoms with E-state index in [1.54, 1.807) is 18.2 Å². The summed E-state index contributed by atoms with van der Waals surface area (Å²) in [6.07, 6.45) is -7.42. The first-order valence-electron chi connectivity index (χ1n) is 15.7. The highest BCUT2D eigenvalue weighted by Crippen LogP contribution is 2.42.